The highest BCUT2D eigenvalue weighted by atomic mass is 32.1. The van der Waals surface area contributed by atoms with Gasteiger partial charge in [-0.05, 0) is 104 Å². The monoisotopic (exact) mass is 794 g/mol. The Hall–Kier alpha value is -5.84. The van der Waals surface area contributed by atoms with E-state index in [1.807, 2.05) is 11.3 Å². The van der Waals surface area contributed by atoms with Gasteiger partial charge in [0.05, 0.1) is 11.4 Å². The highest BCUT2D eigenvalue weighted by Gasteiger charge is 2.50. The Labute approximate surface area is 360 Å². The Balaban J connectivity index is 1.28. The van der Waals surface area contributed by atoms with Crippen molar-refractivity contribution in [2.24, 2.45) is 0 Å². The Morgan fingerprint density at radius 2 is 1.23 bits per heavy atom. The average Bonchev–Trinajstić information content (AvgIpc) is 3.73. The van der Waals surface area contributed by atoms with Crippen LogP contribution in [0.4, 0.5) is 28.4 Å². The summed E-state index contributed by atoms with van der Waals surface area (Å²) in [4.78, 5) is 5.38. The van der Waals surface area contributed by atoms with Crippen molar-refractivity contribution < 1.29 is 0 Å². The fourth-order valence-corrected chi connectivity index (χ4v) is 11.8. The largest absolute Gasteiger partial charge is 0.375 e. The summed E-state index contributed by atoms with van der Waals surface area (Å²) >= 11 is 1.97. The second-order valence-electron chi connectivity index (χ2n) is 19.9. The molecule has 0 N–H and O–H groups in total. The summed E-state index contributed by atoms with van der Waals surface area (Å²) in [6.45, 7) is 20.9. The first kappa shape index (κ1) is 37.2. The van der Waals surface area contributed by atoms with Crippen LogP contribution in [0.2, 0.25) is 0 Å². The van der Waals surface area contributed by atoms with Crippen LogP contribution in [0.1, 0.15) is 83.2 Å². The number of rotatable bonds is 3. The molecule has 2 nitrogen and oxygen atoms in total. The van der Waals surface area contributed by atoms with Crippen LogP contribution >= 0.6 is 11.3 Å². The Morgan fingerprint density at radius 3 is 1.98 bits per heavy atom. The second-order valence-corrected chi connectivity index (χ2v) is 20.9. The first-order chi connectivity index (χ1) is 28.7. The third-order valence-corrected chi connectivity index (χ3v) is 14.8. The fourth-order valence-electron chi connectivity index (χ4n) is 10.5. The molecule has 0 unspecified atom stereocenters. The molecular weight excluding hydrogens is 744 g/mol. The lowest BCUT2D eigenvalue weighted by atomic mass is 9.46. The van der Waals surface area contributed by atoms with Gasteiger partial charge >= 0.3 is 6.85 Å². The first-order valence-corrected chi connectivity index (χ1v) is 22.4. The summed E-state index contributed by atoms with van der Waals surface area (Å²) in [6, 6.07) is 55.8. The van der Waals surface area contributed by atoms with Gasteiger partial charge in [-0.25, -0.2) is 0 Å². The van der Waals surface area contributed by atoms with Crippen LogP contribution < -0.4 is 20.0 Å². The molecule has 0 spiro atoms. The van der Waals surface area contributed by atoms with Gasteiger partial charge in [0, 0.05) is 54.0 Å². The summed E-state index contributed by atoms with van der Waals surface area (Å²) < 4.78 is 2.69. The standard InChI is InChI=1S/C56H51BN2S/c1-34-31-43-39-28-29-45-49(40-19-13-15-21-44(40)56(45,8)9)51(39)59(38-26-23-36(24-27-38)54(2,3)4)57-50(43)47(32-34)58(52-41-20-14-16-22-48(41)60-53(52)57)46-30-25-37(55(5,6)7)33-42(46)35-17-11-10-12-18-35/h10-33H,1-9H3. The van der Waals surface area contributed by atoms with Crippen LogP contribution in [0, 0.1) is 6.92 Å². The van der Waals surface area contributed by atoms with Gasteiger partial charge < -0.3 is 9.71 Å². The molecule has 1 aromatic heterocycles. The minimum absolute atomic E-state index is 0.00200. The van der Waals surface area contributed by atoms with Gasteiger partial charge in [-0.2, -0.15) is 0 Å². The molecule has 0 atom stereocenters. The molecule has 11 rings (SSSR count). The number of anilines is 5. The maximum absolute atomic E-state index is 2.74. The number of hydrogen-bond acceptors (Lipinski definition) is 3. The zero-order valence-corrected chi connectivity index (χ0v) is 37.1. The quantitative estimate of drug-likeness (QED) is 0.164. The Kier molecular flexibility index (Phi) is 7.96. The normalized spacial score (nSPS) is 14.8. The number of hydrogen-bond donors (Lipinski definition) is 0. The van der Waals surface area contributed by atoms with E-state index >= 15 is 0 Å². The van der Waals surface area contributed by atoms with Crippen molar-refractivity contribution in [3.8, 4) is 33.4 Å². The number of benzene rings is 7. The third-order valence-electron chi connectivity index (χ3n) is 13.6. The highest BCUT2D eigenvalue weighted by molar-refractivity contribution is 7.32. The lowest BCUT2D eigenvalue weighted by Gasteiger charge is -2.46. The van der Waals surface area contributed by atoms with Gasteiger partial charge in [-0.15, -0.1) is 11.3 Å². The zero-order valence-electron chi connectivity index (χ0n) is 36.2. The molecule has 1 aliphatic carbocycles. The summed E-state index contributed by atoms with van der Waals surface area (Å²) in [5.74, 6) is 0. The van der Waals surface area contributed by atoms with Crippen LogP contribution in [-0.2, 0) is 16.2 Å². The molecule has 3 heterocycles. The maximum atomic E-state index is 2.74. The lowest BCUT2D eigenvalue weighted by molar-refractivity contribution is 0.590. The molecule has 0 fully saturated rings. The predicted molar refractivity (Wildman–Crippen MR) is 261 cm³/mol. The summed E-state index contributed by atoms with van der Waals surface area (Å²) in [5, 5.41) is 1.30. The van der Waals surface area contributed by atoms with E-state index in [1.165, 1.54) is 110 Å². The highest BCUT2D eigenvalue weighted by Crippen LogP contribution is 2.59. The van der Waals surface area contributed by atoms with Crippen LogP contribution in [0.3, 0.4) is 0 Å². The average molecular weight is 795 g/mol. The van der Waals surface area contributed by atoms with Crippen LogP contribution in [-0.4, -0.2) is 6.85 Å². The van der Waals surface area contributed by atoms with Crippen molar-refractivity contribution in [1.29, 1.82) is 0 Å². The fraction of sp³-hybridized carbons (Fsp3) is 0.214. The second kappa shape index (κ2) is 12.8. The van der Waals surface area contributed by atoms with E-state index in [9.17, 15) is 0 Å². The van der Waals surface area contributed by atoms with Gasteiger partial charge in [-0.1, -0.05) is 165 Å². The van der Waals surface area contributed by atoms with Gasteiger partial charge in [-0.3, -0.25) is 0 Å². The van der Waals surface area contributed by atoms with Gasteiger partial charge in [0.15, 0.2) is 0 Å². The summed E-state index contributed by atoms with van der Waals surface area (Å²) in [6.07, 6.45) is 0. The molecule has 0 bridgehead atoms. The van der Waals surface area contributed by atoms with Crippen molar-refractivity contribution in [3.63, 3.8) is 0 Å². The molecule has 2 aliphatic heterocycles. The molecule has 0 saturated heterocycles. The smallest absolute Gasteiger partial charge is 0.343 e. The van der Waals surface area contributed by atoms with E-state index in [0.717, 1.165) is 0 Å². The molecule has 0 radical (unpaired) electrons. The molecule has 3 aliphatic rings. The topological polar surface area (TPSA) is 6.48 Å². The molecular formula is C56H51BN2S. The predicted octanol–water partition coefficient (Wildman–Crippen LogP) is 14.5. The molecule has 0 saturated carbocycles. The third kappa shape index (κ3) is 5.32. The number of fused-ring (bicyclic) bond motifs is 10. The van der Waals surface area contributed by atoms with Crippen LogP contribution in [0.25, 0.3) is 43.5 Å². The van der Waals surface area contributed by atoms with Crippen molar-refractivity contribution in [2.75, 3.05) is 9.71 Å². The molecule has 60 heavy (non-hydrogen) atoms. The first-order valence-electron chi connectivity index (χ1n) is 21.6. The van der Waals surface area contributed by atoms with E-state index in [1.54, 1.807) is 0 Å². The van der Waals surface area contributed by atoms with E-state index in [0.29, 0.717) is 0 Å². The Morgan fingerprint density at radius 1 is 0.550 bits per heavy atom. The summed E-state index contributed by atoms with van der Waals surface area (Å²) in [7, 11) is 0. The lowest BCUT2D eigenvalue weighted by Crippen LogP contribution is -2.60. The van der Waals surface area contributed by atoms with Crippen molar-refractivity contribution in [1.82, 2.24) is 0 Å². The zero-order chi connectivity index (χ0) is 41.5. The summed E-state index contributed by atoms with van der Waals surface area (Å²) in [5.41, 5.74) is 22.2. The number of nitrogens with zero attached hydrogens (tertiary/aromatic N) is 2. The minimum atomic E-state index is -0.125. The van der Waals surface area contributed by atoms with Gasteiger partial charge in [0.2, 0.25) is 0 Å². The van der Waals surface area contributed by atoms with Crippen molar-refractivity contribution in [2.45, 2.75) is 78.6 Å². The van der Waals surface area contributed by atoms with E-state index in [-0.39, 0.29) is 23.1 Å². The van der Waals surface area contributed by atoms with Gasteiger partial charge in [0.25, 0.3) is 0 Å². The molecule has 7 aromatic carbocycles. The molecule has 4 heteroatoms. The molecule has 0 amide bonds. The van der Waals surface area contributed by atoms with Crippen LogP contribution in [0.5, 0.6) is 0 Å². The van der Waals surface area contributed by atoms with Crippen LogP contribution in [0.15, 0.2) is 146 Å². The Bertz CT molecular complexity index is 3050. The van der Waals surface area contributed by atoms with Crippen molar-refractivity contribution in [3.05, 3.63) is 173 Å². The van der Waals surface area contributed by atoms with Gasteiger partial charge in [0.1, 0.15) is 0 Å². The molecule has 8 aromatic rings. The number of aryl methyl sites for hydroxylation is 1. The maximum Gasteiger partial charge on any atom is 0.343 e. The van der Waals surface area contributed by atoms with E-state index < -0.39 is 0 Å². The number of thiophene rings is 1. The van der Waals surface area contributed by atoms with E-state index in [2.05, 4.69) is 218 Å². The minimum Gasteiger partial charge on any atom is -0.375 e. The molecule has 294 valence electrons. The van der Waals surface area contributed by atoms with Crippen molar-refractivity contribution >= 4 is 66.9 Å². The van der Waals surface area contributed by atoms with E-state index in [4.69, 9.17) is 0 Å². The SMILES string of the molecule is Cc1cc2c3c(c1)N(c1ccc(C(C)(C)C)cc1-c1ccccc1)c1c(sc4ccccc14)B3N(c1ccc(C(C)(C)C)cc1)c1c-2ccc2c1-c1ccccc1C2(C)C.